The Labute approximate surface area is 207 Å². The number of nitrogens with zero attached hydrogens (tertiary/aromatic N) is 5. The van der Waals surface area contributed by atoms with Gasteiger partial charge in [-0.1, -0.05) is 30.3 Å². The van der Waals surface area contributed by atoms with Crippen LogP contribution in [0.25, 0.3) is 22.6 Å². The van der Waals surface area contributed by atoms with Gasteiger partial charge in [0.25, 0.3) is 5.91 Å². The molecule has 0 saturated heterocycles. The first-order valence-electron chi connectivity index (χ1n) is 11.7. The second kappa shape index (κ2) is 9.35. The average Bonchev–Trinajstić information content (AvgIpc) is 3.50. The molecular formula is C27H25N5O4. The van der Waals surface area contributed by atoms with Crippen LogP contribution in [0.1, 0.15) is 51.7 Å². The molecule has 9 heteroatoms. The number of aliphatic hydroxyl groups is 1. The number of carboxylic acids is 1. The average molecular weight is 484 g/mol. The molecule has 9 nitrogen and oxygen atoms in total. The molecule has 0 atom stereocenters. The zero-order chi connectivity index (χ0) is 25.4. The van der Waals surface area contributed by atoms with Crippen LogP contribution in [0.15, 0.2) is 60.9 Å². The molecule has 4 aromatic rings. The van der Waals surface area contributed by atoms with Crippen molar-refractivity contribution in [3.8, 4) is 22.6 Å². The van der Waals surface area contributed by atoms with Gasteiger partial charge in [0.15, 0.2) is 5.82 Å². The van der Waals surface area contributed by atoms with E-state index in [4.69, 9.17) is 4.98 Å². The molecule has 0 spiro atoms. The number of fused-ring (bicyclic) bond motifs is 1. The summed E-state index contributed by atoms with van der Waals surface area (Å²) in [4.78, 5) is 31.5. The summed E-state index contributed by atoms with van der Waals surface area (Å²) in [5.74, 6) is -0.0626. The fraction of sp³-hybridized carbons (Fsp3) is 0.222. The molecule has 5 rings (SSSR count). The van der Waals surface area contributed by atoms with E-state index < -0.39 is 5.97 Å². The summed E-state index contributed by atoms with van der Waals surface area (Å²) in [6, 6.07) is 16.3. The molecule has 0 aliphatic carbocycles. The van der Waals surface area contributed by atoms with Crippen molar-refractivity contribution in [2.75, 3.05) is 11.5 Å². The van der Waals surface area contributed by atoms with Crippen LogP contribution in [-0.4, -0.2) is 48.4 Å². The van der Waals surface area contributed by atoms with Gasteiger partial charge in [-0.3, -0.25) is 9.69 Å². The first kappa shape index (κ1) is 23.4. The van der Waals surface area contributed by atoms with Gasteiger partial charge in [-0.25, -0.2) is 9.78 Å². The smallest absolute Gasteiger partial charge is 0.335 e. The summed E-state index contributed by atoms with van der Waals surface area (Å²) < 4.78 is 1.93. The van der Waals surface area contributed by atoms with Gasteiger partial charge in [-0.05, 0) is 66.8 Å². The zero-order valence-corrected chi connectivity index (χ0v) is 19.9. The number of hydrogen-bond donors (Lipinski definition) is 2. The van der Waals surface area contributed by atoms with Gasteiger partial charge in [0.1, 0.15) is 17.8 Å². The third-order valence-electron chi connectivity index (χ3n) is 6.34. The number of aliphatic hydroxyl groups excluding tert-OH is 1. The van der Waals surface area contributed by atoms with Gasteiger partial charge in [0.05, 0.1) is 12.1 Å². The highest BCUT2D eigenvalue weighted by atomic mass is 16.4. The normalized spacial score (nSPS) is 12.9. The van der Waals surface area contributed by atoms with Crippen molar-refractivity contribution < 1.29 is 19.8 Å². The Kier molecular flexibility index (Phi) is 6.07. The molecule has 0 saturated carbocycles. The summed E-state index contributed by atoms with van der Waals surface area (Å²) in [5, 5.41) is 27.0. The Balaban J connectivity index is 1.46. The number of carbonyl (C=O) groups excluding carboxylic acids is 1. The highest BCUT2D eigenvalue weighted by Gasteiger charge is 2.30. The number of carboxylic acid groups (broad SMARTS) is 1. The lowest BCUT2D eigenvalue weighted by Crippen LogP contribution is -2.24. The molecule has 0 unspecified atom stereocenters. The molecule has 0 fully saturated rings. The molecule has 2 aromatic heterocycles. The van der Waals surface area contributed by atoms with E-state index in [9.17, 15) is 19.8 Å². The minimum absolute atomic E-state index is 0.131. The van der Waals surface area contributed by atoms with Crippen molar-refractivity contribution in [1.82, 2.24) is 19.7 Å². The summed E-state index contributed by atoms with van der Waals surface area (Å²) in [5.41, 5.74) is 4.21. The number of anilines is 1. The van der Waals surface area contributed by atoms with Crippen molar-refractivity contribution >= 4 is 17.7 Å². The van der Waals surface area contributed by atoms with Gasteiger partial charge < -0.3 is 14.8 Å². The van der Waals surface area contributed by atoms with Gasteiger partial charge >= 0.3 is 5.97 Å². The van der Waals surface area contributed by atoms with E-state index in [-0.39, 0.29) is 30.5 Å². The Morgan fingerprint density at radius 2 is 1.86 bits per heavy atom. The Morgan fingerprint density at radius 1 is 1.08 bits per heavy atom. The van der Waals surface area contributed by atoms with Crippen molar-refractivity contribution in [3.63, 3.8) is 0 Å². The van der Waals surface area contributed by atoms with Crippen LogP contribution < -0.4 is 4.90 Å². The summed E-state index contributed by atoms with van der Waals surface area (Å²) in [7, 11) is 0. The summed E-state index contributed by atoms with van der Waals surface area (Å²) in [6.45, 7) is 4.33. The van der Waals surface area contributed by atoms with Crippen LogP contribution in [0.3, 0.4) is 0 Å². The predicted octanol–water partition coefficient (Wildman–Crippen LogP) is 3.98. The fourth-order valence-electron chi connectivity index (χ4n) is 4.46. The van der Waals surface area contributed by atoms with Crippen LogP contribution in [0.4, 0.5) is 5.82 Å². The SMILES string of the molecule is CC(C)n1cnnc1-c1cccc(N2Cc3ccc(-c4ccc(CCO)c(C(=O)O)c4)cc3C2=O)n1. The molecular weight excluding hydrogens is 458 g/mol. The Hall–Kier alpha value is -4.37. The van der Waals surface area contributed by atoms with Crippen LogP contribution in [0.5, 0.6) is 0 Å². The number of hydrogen-bond acceptors (Lipinski definition) is 6. The van der Waals surface area contributed by atoms with Crippen molar-refractivity contribution in [1.29, 1.82) is 0 Å². The van der Waals surface area contributed by atoms with Crippen molar-refractivity contribution in [3.05, 3.63) is 83.2 Å². The fourth-order valence-corrected chi connectivity index (χ4v) is 4.46. The third kappa shape index (κ3) is 4.14. The lowest BCUT2D eigenvalue weighted by molar-refractivity contribution is 0.0695. The highest BCUT2D eigenvalue weighted by molar-refractivity contribution is 6.10. The molecule has 0 bridgehead atoms. The van der Waals surface area contributed by atoms with Gasteiger partial charge in [0, 0.05) is 18.2 Å². The topological polar surface area (TPSA) is 121 Å². The van der Waals surface area contributed by atoms with Crippen molar-refractivity contribution in [2.24, 2.45) is 0 Å². The van der Waals surface area contributed by atoms with Crippen LogP contribution >= 0.6 is 0 Å². The van der Waals surface area contributed by atoms with Crippen LogP contribution in [-0.2, 0) is 13.0 Å². The molecule has 36 heavy (non-hydrogen) atoms. The van der Waals surface area contributed by atoms with E-state index >= 15 is 0 Å². The maximum Gasteiger partial charge on any atom is 0.335 e. The number of benzene rings is 2. The Morgan fingerprint density at radius 3 is 2.61 bits per heavy atom. The maximum atomic E-state index is 13.4. The van der Waals surface area contributed by atoms with E-state index in [2.05, 4.69) is 10.2 Å². The molecule has 1 aliphatic rings. The first-order chi connectivity index (χ1) is 17.4. The zero-order valence-electron chi connectivity index (χ0n) is 19.9. The second-order valence-electron chi connectivity index (χ2n) is 8.95. The lowest BCUT2D eigenvalue weighted by atomic mass is 9.95. The van der Waals surface area contributed by atoms with E-state index in [1.807, 2.05) is 48.7 Å². The number of aromatic carboxylic acids is 1. The van der Waals surface area contributed by atoms with Gasteiger partial charge in [-0.15, -0.1) is 10.2 Å². The van der Waals surface area contributed by atoms with E-state index in [1.165, 1.54) is 0 Å². The minimum Gasteiger partial charge on any atom is -0.478 e. The van der Waals surface area contributed by atoms with Crippen molar-refractivity contribution in [2.45, 2.75) is 32.9 Å². The van der Waals surface area contributed by atoms with Crippen LogP contribution in [0.2, 0.25) is 0 Å². The number of rotatable bonds is 7. The molecule has 0 radical (unpaired) electrons. The number of pyridine rings is 1. The summed E-state index contributed by atoms with van der Waals surface area (Å²) in [6.07, 6.45) is 1.93. The predicted molar refractivity (Wildman–Crippen MR) is 134 cm³/mol. The first-order valence-corrected chi connectivity index (χ1v) is 11.7. The van der Waals surface area contributed by atoms with E-state index in [0.717, 1.165) is 11.1 Å². The number of amides is 1. The van der Waals surface area contributed by atoms with Gasteiger partial charge in [-0.2, -0.15) is 0 Å². The largest absolute Gasteiger partial charge is 0.478 e. The molecule has 1 aliphatic heterocycles. The van der Waals surface area contributed by atoms with E-state index in [0.29, 0.717) is 40.6 Å². The number of aromatic nitrogens is 4. The standard InChI is InChI=1S/C27H25N5O4/c1-16(2)32-15-28-30-25(32)23-4-3-5-24(29-23)31-14-20-9-8-18(12-21(20)26(31)34)19-7-6-17(10-11-33)22(13-19)27(35)36/h3-9,12-13,15-16,33H,10-11,14H2,1-2H3,(H,35,36). The Bertz CT molecular complexity index is 1480. The molecule has 1 amide bonds. The molecule has 2 N–H and O–H groups in total. The monoisotopic (exact) mass is 483 g/mol. The quantitative estimate of drug-likeness (QED) is 0.408. The second-order valence-corrected chi connectivity index (χ2v) is 8.95. The minimum atomic E-state index is -1.05. The highest BCUT2D eigenvalue weighted by Crippen LogP contribution is 2.32. The summed E-state index contributed by atoms with van der Waals surface area (Å²) >= 11 is 0. The number of carbonyl (C=O) groups is 2. The van der Waals surface area contributed by atoms with E-state index in [1.54, 1.807) is 35.5 Å². The van der Waals surface area contributed by atoms with Gasteiger partial charge in [0.2, 0.25) is 0 Å². The molecule has 2 aromatic carbocycles. The lowest BCUT2D eigenvalue weighted by Gasteiger charge is -2.16. The molecule has 182 valence electrons. The van der Waals surface area contributed by atoms with Crippen LogP contribution in [0, 0.1) is 0 Å². The maximum absolute atomic E-state index is 13.4. The third-order valence-corrected chi connectivity index (χ3v) is 6.34. The molecule has 3 heterocycles.